The first-order chi connectivity index (χ1) is 5.57. The van der Waals surface area contributed by atoms with Crippen molar-refractivity contribution in [1.82, 2.24) is 9.78 Å². The van der Waals surface area contributed by atoms with Crippen LogP contribution in [0.3, 0.4) is 0 Å². The van der Waals surface area contributed by atoms with Gasteiger partial charge in [0.1, 0.15) is 5.69 Å². The molecule has 0 amide bonds. The molecule has 0 aromatic carbocycles. The summed E-state index contributed by atoms with van der Waals surface area (Å²) in [6.07, 6.45) is 1.80. The first kappa shape index (κ1) is 9.05. The van der Waals surface area contributed by atoms with E-state index >= 15 is 0 Å². The number of aryl methyl sites for hydroxylation is 2. The second-order valence-electron chi connectivity index (χ2n) is 2.32. The van der Waals surface area contributed by atoms with Crippen LogP contribution in [0, 0.1) is 17.0 Å². The molecule has 0 bridgehead atoms. The van der Waals surface area contributed by atoms with Gasteiger partial charge >= 0.3 is 5.69 Å². The largest absolute Gasteiger partial charge is 0.323 e. The SMILES string of the molecule is CSc1c([N+](=O)[O-])c(C)nn1C. The minimum Gasteiger partial charge on any atom is -0.258 e. The van der Waals surface area contributed by atoms with E-state index in [9.17, 15) is 10.1 Å². The normalized spacial score (nSPS) is 10.2. The van der Waals surface area contributed by atoms with Crippen molar-refractivity contribution in [2.24, 2.45) is 7.05 Å². The van der Waals surface area contributed by atoms with E-state index in [4.69, 9.17) is 0 Å². The van der Waals surface area contributed by atoms with Crippen molar-refractivity contribution in [3.8, 4) is 0 Å². The van der Waals surface area contributed by atoms with Crippen molar-refractivity contribution in [1.29, 1.82) is 0 Å². The van der Waals surface area contributed by atoms with Gasteiger partial charge in [0.2, 0.25) is 0 Å². The predicted molar refractivity (Wildman–Crippen MR) is 46.4 cm³/mol. The molecular formula is C6H9N3O2S. The summed E-state index contributed by atoms with van der Waals surface area (Å²) in [6, 6.07) is 0. The molecule has 0 spiro atoms. The summed E-state index contributed by atoms with van der Waals surface area (Å²) in [6.45, 7) is 1.64. The summed E-state index contributed by atoms with van der Waals surface area (Å²) in [7, 11) is 1.70. The smallest absolute Gasteiger partial charge is 0.258 e. The van der Waals surface area contributed by atoms with Crippen LogP contribution in [0.5, 0.6) is 0 Å². The lowest BCUT2D eigenvalue weighted by Crippen LogP contribution is -1.93. The van der Waals surface area contributed by atoms with Gasteiger partial charge in [0, 0.05) is 7.05 Å². The summed E-state index contributed by atoms with van der Waals surface area (Å²) in [5.74, 6) is 0. The molecule has 66 valence electrons. The van der Waals surface area contributed by atoms with Crippen LogP contribution in [0.25, 0.3) is 0 Å². The number of aromatic nitrogens is 2. The summed E-state index contributed by atoms with van der Waals surface area (Å²) in [5.41, 5.74) is 0.580. The van der Waals surface area contributed by atoms with Gasteiger partial charge in [-0.15, -0.1) is 11.8 Å². The Morgan fingerprint density at radius 1 is 1.67 bits per heavy atom. The molecule has 1 rings (SSSR count). The van der Waals surface area contributed by atoms with Crippen LogP contribution < -0.4 is 0 Å². The van der Waals surface area contributed by atoms with E-state index in [1.807, 2.05) is 0 Å². The molecule has 0 unspecified atom stereocenters. The van der Waals surface area contributed by atoms with Crippen LogP contribution in [0.4, 0.5) is 5.69 Å². The Morgan fingerprint density at radius 2 is 2.25 bits per heavy atom. The number of thioether (sulfide) groups is 1. The molecule has 0 fully saturated rings. The molecule has 0 atom stereocenters. The zero-order chi connectivity index (χ0) is 9.30. The van der Waals surface area contributed by atoms with Crippen LogP contribution in [0.15, 0.2) is 5.03 Å². The van der Waals surface area contributed by atoms with Crippen molar-refractivity contribution in [3.05, 3.63) is 15.8 Å². The Labute approximate surface area is 73.9 Å². The van der Waals surface area contributed by atoms with Crippen molar-refractivity contribution in [2.45, 2.75) is 11.9 Å². The predicted octanol–water partition coefficient (Wildman–Crippen LogP) is 1.36. The zero-order valence-electron chi connectivity index (χ0n) is 7.07. The van der Waals surface area contributed by atoms with Crippen molar-refractivity contribution >= 4 is 17.4 Å². The zero-order valence-corrected chi connectivity index (χ0v) is 7.88. The fourth-order valence-corrected chi connectivity index (χ4v) is 1.79. The lowest BCUT2D eigenvalue weighted by molar-refractivity contribution is -0.388. The van der Waals surface area contributed by atoms with Crippen LogP contribution in [0.1, 0.15) is 5.69 Å². The van der Waals surface area contributed by atoms with Crippen LogP contribution in [-0.4, -0.2) is 21.0 Å². The summed E-state index contributed by atoms with van der Waals surface area (Å²) < 4.78 is 1.53. The first-order valence-corrected chi connectivity index (χ1v) is 4.52. The molecule has 0 N–H and O–H groups in total. The highest BCUT2D eigenvalue weighted by atomic mass is 32.2. The molecule has 12 heavy (non-hydrogen) atoms. The summed E-state index contributed by atoms with van der Waals surface area (Å²) >= 11 is 1.33. The van der Waals surface area contributed by atoms with Gasteiger partial charge in [-0.05, 0) is 13.2 Å². The molecule has 0 saturated heterocycles. The van der Waals surface area contributed by atoms with Crippen LogP contribution >= 0.6 is 11.8 Å². The Kier molecular flexibility index (Phi) is 2.37. The number of hydrogen-bond donors (Lipinski definition) is 0. The van der Waals surface area contributed by atoms with Crippen molar-refractivity contribution < 1.29 is 4.92 Å². The highest BCUT2D eigenvalue weighted by Crippen LogP contribution is 2.29. The molecular weight excluding hydrogens is 178 g/mol. The van der Waals surface area contributed by atoms with Crippen molar-refractivity contribution in [2.75, 3.05) is 6.26 Å². The Balaban J connectivity index is 3.32. The Morgan fingerprint density at radius 3 is 2.58 bits per heavy atom. The molecule has 0 aliphatic carbocycles. The van der Waals surface area contributed by atoms with Gasteiger partial charge in [-0.2, -0.15) is 5.10 Å². The van der Waals surface area contributed by atoms with Crippen molar-refractivity contribution in [3.63, 3.8) is 0 Å². The second-order valence-corrected chi connectivity index (χ2v) is 3.12. The van der Waals surface area contributed by atoms with E-state index in [0.29, 0.717) is 10.7 Å². The van der Waals surface area contributed by atoms with E-state index in [2.05, 4.69) is 5.10 Å². The number of nitro groups is 1. The summed E-state index contributed by atoms with van der Waals surface area (Å²) in [4.78, 5) is 10.2. The molecule has 0 aliphatic heterocycles. The second kappa shape index (κ2) is 3.14. The van der Waals surface area contributed by atoms with E-state index < -0.39 is 4.92 Å². The van der Waals surface area contributed by atoms with Gasteiger partial charge < -0.3 is 0 Å². The lowest BCUT2D eigenvalue weighted by atomic mass is 10.4. The third kappa shape index (κ3) is 1.29. The van der Waals surface area contributed by atoms with E-state index in [0.717, 1.165) is 0 Å². The minimum absolute atomic E-state index is 0.116. The molecule has 1 heterocycles. The number of nitrogens with zero attached hydrogens (tertiary/aromatic N) is 3. The van der Waals surface area contributed by atoms with Crippen LogP contribution in [0.2, 0.25) is 0 Å². The van der Waals surface area contributed by atoms with E-state index in [-0.39, 0.29) is 5.69 Å². The molecule has 5 nitrogen and oxygen atoms in total. The van der Waals surface area contributed by atoms with Gasteiger partial charge in [-0.25, -0.2) is 0 Å². The molecule has 6 heteroatoms. The van der Waals surface area contributed by atoms with Gasteiger partial charge in [0.05, 0.1) is 4.92 Å². The van der Waals surface area contributed by atoms with Gasteiger partial charge in [-0.3, -0.25) is 14.8 Å². The molecule has 0 aliphatic rings. The molecule has 0 saturated carbocycles. The number of hydrogen-bond acceptors (Lipinski definition) is 4. The first-order valence-electron chi connectivity index (χ1n) is 3.30. The van der Waals surface area contributed by atoms with E-state index in [1.165, 1.54) is 16.4 Å². The molecule has 0 radical (unpaired) electrons. The lowest BCUT2D eigenvalue weighted by Gasteiger charge is -1.94. The average Bonchev–Trinajstić information content (AvgIpc) is 2.24. The highest BCUT2D eigenvalue weighted by Gasteiger charge is 2.22. The maximum absolute atomic E-state index is 10.6. The fourth-order valence-electron chi connectivity index (χ4n) is 1.06. The minimum atomic E-state index is -0.395. The van der Waals surface area contributed by atoms with Gasteiger partial charge in [-0.1, -0.05) is 0 Å². The molecule has 1 aromatic rings. The Bertz CT molecular complexity index is 321. The standard InChI is InChI=1S/C6H9N3O2S/c1-4-5(9(10)11)6(12-3)8(2)7-4/h1-3H3. The Hall–Kier alpha value is -1.04. The maximum atomic E-state index is 10.6. The average molecular weight is 187 g/mol. The van der Waals surface area contributed by atoms with Gasteiger partial charge in [0.25, 0.3) is 0 Å². The van der Waals surface area contributed by atoms with E-state index in [1.54, 1.807) is 20.2 Å². The topological polar surface area (TPSA) is 61.0 Å². The molecule has 1 aromatic heterocycles. The third-order valence-electron chi connectivity index (χ3n) is 1.52. The quantitative estimate of drug-likeness (QED) is 0.398. The fraction of sp³-hybridized carbons (Fsp3) is 0.500. The third-order valence-corrected chi connectivity index (χ3v) is 2.36. The monoisotopic (exact) mass is 187 g/mol. The summed E-state index contributed by atoms with van der Waals surface area (Å²) in [5, 5.41) is 15.1. The van der Waals surface area contributed by atoms with Crippen LogP contribution in [-0.2, 0) is 7.05 Å². The maximum Gasteiger partial charge on any atom is 0.323 e. The number of rotatable bonds is 2. The highest BCUT2D eigenvalue weighted by molar-refractivity contribution is 7.98. The van der Waals surface area contributed by atoms with Gasteiger partial charge in [0.15, 0.2) is 5.03 Å².